The lowest BCUT2D eigenvalue weighted by Gasteiger charge is -2.60. The second-order valence-corrected chi connectivity index (χ2v) is 13.0. The highest BCUT2D eigenvalue weighted by atomic mass is 16.7. The van der Waals surface area contributed by atoms with Gasteiger partial charge in [0.15, 0.2) is 28.9 Å². The summed E-state index contributed by atoms with van der Waals surface area (Å²) in [7, 11) is 3.57. The molecule has 5 heterocycles. The highest BCUT2D eigenvalue weighted by molar-refractivity contribution is 5.87. The normalized spacial score (nSPS) is 24.3. The number of fused-ring (bicyclic) bond motifs is 10. The van der Waals surface area contributed by atoms with E-state index in [0.717, 1.165) is 38.6 Å². The highest BCUT2D eigenvalue weighted by Crippen LogP contribution is 2.59. The van der Waals surface area contributed by atoms with Crippen LogP contribution < -0.4 is 18.9 Å². The maximum Gasteiger partial charge on any atom is 0.308 e. The number of carbonyl (C=O) groups is 1. The fraction of sp³-hybridized carbons (Fsp3) is 0.389. The van der Waals surface area contributed by atoms with Crippen molar-refractivity contribution in [3.63, 3.8) is 0 Å². The zero-order chi connectivity index (χ0) is 32.9. The molecule has 2 bridgehead atoms. The van der Waals surface area contributed by atoms with E-state index in [4.69, 9.17) is 18.9 Å². The number of phenolic OH excluding ortho intramolecular Hbond substituents is 1. The van der Waals surface area contributed by atoms with Crippen LogP contribution in [0.3, 0.4) is 0 Å². The van der Waals surface area contributed by atoms with Crippen LogP contribution in [-0.2, 0) is 24.2 Å². The first-order chi connectivity index (χ1) is 22.6. The molecule has 4 aliphatic heterocycles. The van der Waals surface area contributed by atoms with Crippen LogP contribution in [0.5, 0.6) is 34.6 Å². The van der Waals surface area contributed by atoms with Gasteiger partial charge in [-0.05, 0) is 50.9 Å². The van der Waals surface area contributed by atoms with Crippen LogP contribution in [0.25, 0.3) is 10.8 Å². The van der Waals surface area contributed by atoms with Crippen molar-refractivity contribution in [3.05, 3.63) is 69.9 Å². The Morgan fingerprint density at radius 1 is 1.09 bits per heavy atom. The van der Waals surface area contributed by atoms with Gasteiger partial charge in [-0.3, -0.25) is 14.6 Å². The largest absolute Gasteiger partial charge is 0.504 e. The molecule has 0 saturated carbocycles. The number of carbonyl (C=O) groups excluding carboxylic acids is 1. The number of methoxy groups -OCH3 is 1. The number of nitrogens with zero attached hydrogens (tertiary/aromatic N) is 4. The Bertz CT molecular complexity index is 2030. The molecule has 4 aromatic rings. The molecule has 242 valence electrons. The van der Waals surface area contributed by atoms with E-state index >= 15 is 0 Å². The number of esters is 1. The van der Waals surface area contributed by atoms with Gasteiger partial charge in [-0.1, -0.05) is 24.3 Å². The average Bonchev–Trinajstić information content (AvgIpc) is 3.65. The van der Waals surface area contributed by atoms with Crippen LogP contribution in [-0.4, -0.2) is 69.6 Å². The molecule has 0 spiro atoms. The van der Waals surface area contributed by atoms with Crippen LogP contribution >= 0.6 is 0 Å². The van der Waals surface area contributed by atoms with E-state index in [1.54, 1.807) is 7.11 Å². The number of ether oxygens (including phenoxy) is 4. The molecule has 4 aliphatic rings. The third kappa shape index (κ3) is 4.08. The van der Waals surface area contributed by atoms with Crippen molar-refractivity contribution < 1.29 is 34.0 Å². The summed E-state index contributed by atoms with van der Waals surface area (Å²) in [6.07, 6.45) is 2.88. The third-order valence-electron chi connectivity index (χ3n) is 10.6. The van der Waals surface area contributed by atoms with Gasteiger partial charge in [-0.25, -0.2) is 0 Å². The first kappa shape index (κ1) is 29.5. The first-order valence-electron chi connectivity index (χ1n) is 15.8. The minimum Gasteiger partial charge on any atom is -0.504 e. The van der Waals surface area contributed by atoms with Crippen molar-refractivity contribution in [3.8, 4) is 40.7 Å². The molecule has 5 atom stereocenters. The summed E-state index contributed by atoms with van der Waals surface area (Å²) in [6.45, 7) is 5.44. The number of hydrogen-bond donors (Lipinski definition) is 2. The Kier molecular flexibility index (Phi) is 6.62. The van der Waals surface area contributed by atoms with E-state index in [1.165, 1.54) is 6.92 Å². The lowest BCUT2D eigenvalue weighted by molar-refractivity contribution is -0.132. The molecule has 11 nitrogen and oxygen atoms in total. The maximum absolute atomic E-state index is 12.5. The van der Waals surface area contributed by atoms with Crippen LogP contribution in [0.4, 0.5) is 0 Å². The SMILES string of the molecule is COc1c(C)cc2c(c1O)[C@@H]1[C@@H]3Cc4c(OC(C)=O)c(C)c5c(c4[C@H](Cn4cc6ccccc6c4O)N3[C@@H](C#N)[C@H](C2)N1C)OCO5. The molecular formula is C36H36N4O7. The van der Waals surface area contributed by atoms with Crippen molar-refractivity contribution in [2.45, 2.75) is 70.4 Å². The standard InChI is InChI=1S/C36H36N4O7/c1-17-10-21-11-24-26(13-37)40-25(30(38(24)4)28(21)31(42)32(17)44-5)12-23-29(35-34(45-16-46-35)18(2)33(23)47-19(3)41)27(40)15-39-14-20-8-6-7-9-22(20)36(39)43/h6-10,14,24-27,30,42-43H,11-12,15-16H2,1-5H3/t24-,25-,26-,27-,30-/m0/s1. The second kappa shape index (κ2) is 10.6. The van der Waals surface area contributed by atoms with Gasteiger partial charge in [0.25, 0.3) is 0 Å². The molecule has 1 saturated heterocycles. The predicted molar refractivity (Wildman–Crippen MR) is 171 cm³/mol. The van der Waals surface area contributed by atoms with E-state index in [-0.39, 0.29) is 43.1 Å². The number of aromatic hydroxyl groups is 2. The topological polar surface area (TPSA) is 130 Å². The van der Waals surface area contributed by atoms with Crippen LogP contribution in [0.15, 0.2) is 36.5 Å². The summed E-state index contributed by atoms with van der Waals surface area (Å²) in [5.41, 5.74) is 4.84. The molecule has 11 heteroatoms. The summed E-state index contributed by atoms with van der Waals surface area (Å²) in [5, 5.41) is 35.7. The Balaban J connectivity index is 1.40. The average molecular weight is 637 g/mol. The van der Waals surface area contributed by atoms with Crippen molar-refractivity contribution in [1.82, 2.24) is 14.4 Å². The molecule has 8 rings (SSSR count). The summed E-state index contributed by atoms with van der Waals surface area (Å²) in [6, 6.07) is 10.5. The molecule has 0 unspecified atom stereocenters. The molecule has 1 aromatic heterocycles. The molecular weight excluding hydrogens is 600 g/mol. The van der Waals surface area contributed by atoms with E-state index in [1.807, 2.05) is 55.9 Å². The van der Waals surface area contributed by atoms with Gasteiger partial charge >= 0.3 is 5.97 Å². The Morgan fingerprint density at radius 3 is 2.57 bits per heavy atom. The summed E-state index contributed by atoms with van der Waals surface area (Å²) in [5.74, 6) is 1.69. The number of aryl methyl sites for hydroxylation is 1. The molecule has 1 fully saturated rings. The molecule has 0 radical (unpaired) electrons. The number of aromatic nitrogens is 1. The van der Waals surface area contributed by atoms with E-state index in [2.05, 4.69) is 21.9 Å². The number of benzene rings is 3. The quantitative estimate of drug-likeness (QED) is 0.238. The van der Waals surface area contributed by atoms with Crippen molar-refractivity contribution in [1.29, 1.82) is 5.26 Å². The van der Waals surface area contributed by atoms with E-state index in [0.29, 0.717) is 41.4 Å². The Labute approximate surface area is 272 Å². The van der Waals surface area contributed by atoms with Crippen LogP contribution in [0, 0.1) is 25.2 Å². The molecule has 2 N–H and O–H groups in total. The predicted octanol–water partition coefficient (Wildman–Crippen LogP) is 4.80. The summed E-state index contributed by atoms with van der Waals surface area (Å²) >= 11 is 0. The lowest BCUT2D eigenvalue weighted by Crippen LogP contribution is -2.68. The van der Waals surface area contributed by atoms with Crippen molar-refractivity contribution in [2.75, 3.05) is 21.0 Å². The van der Waals surface area contributed by atoms with E-state index < -0.39 is 18.1 Å². The number of phenols is 1. The van der Waals surface area contributed by atoms with Gasteiger partial charge < -0.3 is 33.7 Å². The Morgan fingerprint density at radius 2 is 1.85 bits per heavy atom. The monoisotopic (exact) mass is 636 g/mol. The van der Waals surface area contributed by atoms with Crippen molar-refractivity contribution in [2.24, 2.45) is 0 Å². The lowest BCUT2D eigenvalue weighted by atomic mass is 9.71. The Hall–Kier alpha value is -4.92. The molecule has 3 aromatic carbocycles. The van der Waals surface area contributed by atoms with Crippen molar-refractivity contribution >= 4 is 16.7 Å². The highest BCUT2D eigenvalue weighted by Gasteiger charge is 2.57. The third-order valence-corrected chi connectivity index (χ3v) is 10.6. The maximum atomic E-state index is 12.5. The van der Waals surface area contributed by atoms with Gasteiger partial charge in [0.2, 0.25) is 6.79 Å². The zero-order valence-corrected chi connectivity index (χ0v) is 26.9. The summed E-state index contributed by atoms with van der Waals surface area (Å²) in [4.78, 5) is 17.0. The number of rotatable bonds is 4. The van der Waals surface area contributed by atoms with Crippen LogP contribution in [0.1, 0.15) is 52.4 Å². The number of likely N-dealkylation sites (N-methyl/N-ethyl adjacent to an activating group) is 1. The fourth-order valence-electron chi connectivity index (χ4n) is 8.81. The molecule has 47 heavy (non-hydrogen) atoms. The second-order valence-electron chi connectivity index (χ2n) is 13.0. The number of nitriles is 1. The first-order valence-corrected chi connectivity index (χ1v) is 15.8. The smallest absolute Gasteiger partial charge is 0.308 e. The van der Waals surface area contributed by atoms with Gasteiger partial charge in [0.1, 0.15) is 11.8 Å². The van der Waals surface area contributed by atoms with Crippen LogP contribution in [0.2, 0.25) is 0 Å². The number of piperazine rings is 1. The fourth-order valence-corrected chi connectivity index (χ4v) is 8.81. The summed E-state index contributed by atoms with van der Waals surface area (Å²) < 4.78 is 25.6. The van der Waals surface area contributed by atoms with Gasteiger partial charge in [0, 0.05) is 64.8 Å². The van der Waals surface area contributed by atoms with Gasteiger partial charge in [0.05, 0.1) is 25.3 Å². The molecule has 0 amide bonds. The van der Waals surface area contributed by atoms with Gasteiger partial charge in [-0.2, -0.15) is 5.26 Å². The minimum atomic E-state index is -0.555. The number of hydrogen-bond acceptors (Lipinski definition) is 10. The minimum absolute atomic E-state index is 0.0109. The van der Waals surface area contributed by atoms with E-state index in [9.17, 15) is 20.3 Å². The zero-order valence-electron chi connectivity index (χ0n) is 26.9. The molecule has 0 aliphatic carbocycles. The van der Waals surface area contributed by atoms with Gasteiger partial charge in [-0.15, -0.1) is 0 Å².